The van der Waals surface area contributed by atoms with Gasteiger partial charge in [-0.2, -0.15) is 0 Å². The van der Waals surface area contributed by atoms with E-state index < -0.39 is 0 Å². The Morgan fingerprint density at radius 1 is 1.36 bits per heavy atom. The van der Waals surface area contributed by atoms with Crippen molar-refractivity contribution in [1.29, 1.82) is 0 Å². The van der Waals surface area contributed by atoms with Gasteiger partial charge in [0.15, 0.2) is 0 Å². The second kappa shape index (κ2) is 4.56. The Labute approximate surface area is 85.1 Å². The van der Waals surface area contributed by atoms with E-state index in [1.54, 1.807) is 12.1 Å². The predicted octanol–water partition coefficient (Wildman–Crippen LogP) is 2.89. The Balaban J connectivity index is 2.39. The minimum absolute atomic E-state index is 0.118. The van der Waals surface area contributed by atoms with Gasteiger partial charge in [-0.25, -0.2) is 4.39 Å². The number of rotatable bonds is 4. The summed E-state index contributed by atoms with van der Waals surface area (Å²) in [5.74, 6) is -0.158. The zero-order valence-corrected chi connectivity index (χ0v) is 8.89. The molecule has 0 aromatic heterocycles. The molecule has 0 bridgehead atoms. The highest BCUT2D eigenvalue weighted by atomic mass is 19.1. The van der Waals surface area contributed by atoms with Gasteiger partial charge in [-0.05, 0) is 50.8 Å². The van der Waals surface area contributed by atoms with Crippen molar-refractivity contribution in [1.82, 2.24) is 0 Å². The fourth-order valence-corrected chi connectivity index (χ4v) is 1.44. The van der Waals surface area contributed by atoms with Gasteiger partial charge in [-0.15, -0.1) is 0 Å². The van der Waals surface area contributed by atoms with Crippen molar-refractivity contribution in [2.24, 2.45) is 5.73 Å². The molecule has 78 valence electrons. The summed E-state index contributed by atoms with van der Waals surface area (Å²) in [5, 5.41) is 0. The van der Waals surface area contributed by atoms with E-state index >= 15 is 0 Å². The van der Waals surface area contributed by atoms with E-state index in [-0.39, 0.29) is 11.4 Å². The molecule has 1 nitrogen and oxygen atoms in total. The standard InChI is InChI=1S/C12H18FN/c1-12(2,14)8-4-6-10-5-3-7-11(13)9-10/h3,5,7,9H,4,6,8,14H2,1-2H3. The number of aryl methyl sites for hydroxylation is 1. The monoisotopic (exact) mass is 195 g/mol. The lowest BCUT2D eigenvalue weighted by atomic mass is 9.97. The highest BCUT2D eigenvalue weighted by Crippen LogP contribution is 2.12. The summed E-state index contributed by atoms with van der Waals surface area (Å²) in [6.07, 6.45) is 2.87. The molecule has 0 saturated heterocycles. The normalized spacial score (nSPS) is 11.7. The van der Waals surface area contributed by atoms with E-state index in [1.807, 2.05) is 19.9 Å². The predicted molar refractivity (Wildman–Crippen MR) is 57.6 cm³/mol. The van der Waals surface area contributed by atoms with Crippen LogP contribution in [-0.2, 0) is 6.42 Å². The van der Waals surface area contributed by atoms with Crippen LogP contribution in [0.5, 0.6) is 0 Å². The Morgan fingerprint density at radius 3 is 2.64 bits per heavy atom. The van der Waals surface area contributed by atoms with Gasteiger partial charge in [0.05, 0.1) is 0 Å². The van der Waals surface area contributed by atoms with Crippen molar-refractivity contribution in [2.45, 2.75) is 38.6 Å². The molecule has 0 heterocycles. The van der Waals surface area contributed by atoms with Gasteiger partial charge in [0.1, 0.15) is 5.82 Å². The Hall–Kier alpha value is -0.890. The molecule has 14 heavy (non-hydrogen) atoms. The maximum atomic E-state index is 12.8. The molecular weight excluding hydrogens is 177 g/mol. The molecule has 0 atom stereocenters. The topological polar surface area (TPSA) is 26.0 Å². The molecule has 0 unspecified atom stereocenters. The minimum Gasteiger partial charge on any atom is -0.326 e. The fourth-order valence-electron chi connectivity index (χ4n) is 1.44. The second-order valence-electron chi connectivity index (χ2n) is 4.47. The Kier molecular flexibility index (Phi) is 3.64. The van der Waals surface area contributed by atoms with Crippen molar-refractivity contribution in [2.75, 3.05) is 0 Å². The van der Waals surface area contributed by atoms with Crippen LogP contribution in [0.4, 0.5) is 4.39 Å². The van der Waals surface area contributed by atoms with Crippen LogP contribution >= 0.6 is 0 Å². The van der Waals surface area contributed by atoms with Crippen molar-refractivity contribution < 1.29 is 4.39 Å². The molecular formula is C12H18FN. The summed E-state index contributed by atoms with van der Waals surface area (Å²) in [5.41, 5.74) is 6.79. The molecule has 0 aliphatic carbocycles. The van der Waals surface area contributed by atoms with Crippen LogP contribution in [0.3, 0.4) is 0 Å². The average molecular weight is 195 g/mol. The van der Waals surface area contributed by atoms with Crippen molar-refractivity contribution in [3.8, 4) is 0 Å². The fraction of sp³-hybridized carbons (Fsp3) is 0.500. The van der Waals surface area contributed by atoms with Gasteiger partial charge in [0, 0.05) is 5.54 Å². The first-order valence-electron chi connectivity index (χ1n) is 5.01. The molecule has 0 amide bonds. The van der Waals surface area contributed by atoms with E-state index in [4.69, 9.17) is 5.73 Å². The van der Waals surface area contributed by atoms with Crippen LogP contribution in [0.15, 0.2) is 24.3 Å². The SMILES string of the molecule is CC(C)(N)CCCc1cccc(F)c1. The third-order valence-corrected chi connectivity index (χ3v) is 2.18. The lowest BCUT2D eigenvalue weighted by Crippen LogP contribution is -2.31. The number of hydrogen-bond donors (Lipinski definition) is 1. The molecule has 2 N–H and O–H groups in total. The molecule has 0 fully saturated rings. The molecule has 0 aliphatic rings. The van der Waals surface area contributed by atoms with E-state index in [0.717, 1.165) is 24.8 Å². The quantitative estimate of drug-likeness (QED) is 0.785. The van der Waals surface area contributed by atoms with Crippen molar-refractivity contribution >= 4 is 0 Å². The van der Waals surface area contributed by atoms with E-state index in [2.05, 4.69) is 0 Å². The summed E-state index contributed by atoms with van der Waals surface area (Å²) >= 11 is 0. The molecule has 2 heteroatoms. The zero-order valence-electron chi connectivity index (χ0n) is 8.89. The second-order valence-corrected chi connectivity index (χ2v) is 4.47. The van der Waals surface area contributed by atoms with E-state index in [0.29, 0.717) is 0 Å². The Bertz CT molecular complexity index is 289. The third kappa shape index (κ3) is 4.38. The smallest absolute Gasteiger partial charge is 0.123 e. The van der Waals surface area contributed by atoms with Gasteiger partial charge in [0.2, 0.25) is 0 Å². The number of nitrogens with two attached hydrogens (primary N) is 1. The largest absolute Gasteiger partial charge is 0.326 e. The molecule has 0 saturated carbocycles. The summed E-state index contributed by atoms with van der Waals surface area (Å²) in [4.78, 5) is 0. The van der Waals surface area contributed by atoms with Crippen molar-refractivity contribution in [3.63, 3.8) is 0 Å². The molecule has 1 rings (SSSR count). The zero-order chi connectivity index (χ0) is 10.6. The van der Waals surface area contributed by atoms with Gasteiger partial charge in [-0.3, -0.25) is 0 Å². The van der Waals surface area contributed by atoms with Crippen LogP contribution in [0.1, 0.15) is 32.3 Å². The lowest BCUT2D eigenvalue weighted by Gasteiger charge is -2.17. The van der Waals surface area contributed by atoms with Gasteiger partial charge < -0.3 is 5.73 Å². The van der Waals surface area contributed by atoms with Crippen LogP contribution in [-0.4, -0.2) is 5.54 Å². The number of hydrogen-bond acceptors (Lipinski definition) is 1. The first-order valence-corrected chi connectivity index (χ1v) is 5.01. The molecule has 0 radical (unpaired) electrons. The summed E-state index contributed by atoms with van der Waals surface area (Å²) in [6.45, 7) is 4.02. The Morgan fingerprint density at radius 2 is 2.07 bits per heavy atom. The van der Waals surface area contributed by atoms with E-state index in [9.17, 15) is 4.39 Å². The first kappa shape index (κ1) is 11.2. The summed E-state index contributed by atoms with van der Waals surface area (Å²) in [6, 6.07) is 6.75. The number of halogens is 1. The van der Waals surface area contributed by atoms with Gasteiger partial charge in [0.25, 0.3) is 0 Å². The third-order valence-electron chi connectivity index (χ3n) is 2.18. The first-order chi connectivity index (χ1) is 6.47. The average Bonchev–Trinajstić information content (AvgIpc) is 2.01. The molecule has 0 aliphatic heterocycles. The maximum Gasteiger partial charge on any atom is 0.123 e. The lowest BCUT2D eigenvalue weighted by molar-refractivity contribution is 0.459. The highest BCUT2D eigenvalue weighted by Gasteiger charge is 2.09. The number of benzene rings is 1. The summed E-state index contributed by atoms with van der Waals surface area (Å²) < 4.78 is 12.8. The van der Waals surface area contributed by atoms with Crippen molar-refractivity contribution in [3.05, 3.63) is 35.6 Å². The molecule has 1 aromatic rings. The van der Waals surface area contributed by atoms with Gasteiger partial charge >= 0.3 is 0 Å². The maximum absolute atomic E-state index is 12.8. The van der Waals surface area contributed by atoms with E-state index in [1.165, 1.54) is 6.07 Å². The minimum atomic E-state index is -0.158. The molecule has 0 spiro atoms. The van der Waals surface area contributed by atoms with Crippen LogP contribution in [0.2, 0.25) is 0 Å². The van der Waals surface area contributed by atoms with Gasteiger partial charge in [-0.1, -0.05) is 12.1 Å². The van der Waals surface area contributed by atoms with Crippen LogP contribution in [0, 0.1) is 5.82 Å². The highest BCUT2D eigenvalue weighted by molar-refractivity contribution is 5.16. The van der Waals surface area contributed by atoms with Crippen LogP contribution < -0.4 is 5.73 Å². The summed E-state index contributed by atoms with van der Waals surface area (Å²) in [7, 11) is 0. The van der Waals surface area contributed by atoms with Crippen LogP contribution in [0.25, 0.3) is 0 Å². The molecule has 1 aromatic carbocycles.